The highest BCUT2D eigenvalue weighted by Crippen LogP contribution is 2.07. The maximum atomic E-state index is 11.5. The van der Waals surface area contributed by atoms with Crippen molar-refractivity contribution in [1.82, 2.24) is 0 Å². The lowest BCUT2D eigenvalue weighted by Crippen LogP contribution is -2.08. The Morgan fingerprint density at radius 1 is 1.24 bits per heavy atom. The molecule has 0 amide bonds. The summed E-state index contributed by atoms with van der Waals surface area (Å²) in [5.74, 6) is -0.394. The molecule has 0 saturated heterocycles. The molecular formula is C12H17NO4. The van der Waals surface area contributed by atoms with Crippen molar-refractivity contribution in [3.63, 3.8) is 0 Å². The van der Waals surface area contributed by atoms with E-state index < -0.39 is 12.3 Å². The molecule has 1 rings (SSSR count). The van der Waals surface area contributed by atoms with Crippen LogP contribution in [0, 0.1) is 0 Å². The van der Waals surface area contributed by atoms with Gasteiger partial charge >= 0.3 is 5.97 Å². The zero-order valence-corrected chi connectivity index (χ0v) is 9.50. The molecule has 1 aromatic carbocycles. The number of aliphatic hydroxyl groups is 2. The van der Waals surface area contributed by atoms with E-state index in [1.165, 1.54) is 0 Å². The van der Waals surface area contributed by atoms with Crippen LogP contribution in [0.25, 0.3) is 0 Å². The Morgan fingerprint density at radius 2 is 1.88 bits per heavy atom. The van der Waals surface area contributed by atoms with E-state index in [0.29, 0.717) is 30.5 Å². The fourth-order valence-electron chi connectivity index (χ4n) is 1.30. The summed E-state index contributed by atoms with van der Waals surface area (Å²) in [7, 11) is 0. The van der Waals surface area contributed by atoms with Gasteiger partial charge in [0.2, 0.25) is 0 Å². The Morgan fingerprint density at radius 3 is 2.47 bits per heavy atom. The summed E-state index contributed by atoms with van der Waals surface area (Å²) < 4.78 is 5.01. The first kappa shape index (κ1) is 13.5. The zero-order valence-electron chi connectivity index (χ0n) is 9.50. The van der Waals surface area contributed by atoms with E-state index in [9.17, 15) is 4.79 Å². The van der Waals surface area contributed by atoms with E-state index >= 15 is 0 Å². The van der Waals surface area contributed by atoms with E-state index in [-0.39, 0.29) is 6.61 Å². The van der Waals surface area contributed by atoms with Crippen molar-refractivity contribution in [3.05, 3.63) is 29.8 Å². The fourth-order valence-corrected chi connectivity index (χ4v) is 1.30. The molecule has 0 aliphatic heterocycles. The van der Waals surface area contributed by atoms with Gasteiger partial charge in [-0.2, -0.15) is 0 Å². The molecule has 0 aliphatic carbocycles. The summed E-state index contributed by atoms with van der Waals surface area (Å²) >= 11 is 0. The van der Waals surface area contributed by atoms with Crippen LogP contribution in [0.5, 0.6) is 0 Å². The maximum Gasteiger partial charge on any atom is 0.338 e. The van der Waals surface area contributed by atoms with Gasteiger partial charge in [-0.05, 0) is 43.5 Å². The van der Waals surface area contributed by atoms with Crippen molar-refractivity contribution in [2.45, 2.75) is 25.6 Å². The molecule has 5 heteroatoms. The summed E-state index contributed by atoms with van der Waals surface area (Å²) in [6.07, 6.45) is 0.215. The number of hydrogen-bond acceptors (Lipinski definition) is 5. The van der Waals surface area contributed by atoms with Gasteiger partial charge in [-0.15, -0.1) is 0 Å². The summed E-state index contributed by atoms with van der Waals surface area (Å²) in [6, 6.07) is 6.49. The summed E-state index contributed by atoms with van der Waals surface area (Å²) in [5, 5.41) is 17.2. The van der Waals surface area contributed by atoms with Crippen molar-refractivity contribution >= 4 is 11.7 Å². The Labute approximate surface area is 99.8 Å². The van der Waals surface area contributed by atoms with Crippen LogP contribution in [-0.2, 0) is 4.74 Å². The number of hydrogen-bond donors (Lipinski definition) is 3. The van der Waals surface area contributed by atoms with Crippen molar-refractivity contribution < 1.29 is 19.7 Å². The van der Waals surface area contributed by atoms with Crippen LogP contribution in [0.3, 0.4) is 0 Å². The van der Waals surface area contributed by atoms with Crippen LogP contribution in [0.2, 0.25) is 0 Å². The van der Waals surface area contributed by atoms with Crippen LogP contribution in [0.4, 0.5) is 5.69 Å². The molecule has 0 spiro atoms. The van der Waals surface area contributed by atoms with Crippen LogP contribution >= 0.6 is 0 Å². The van der Waals surface area contributed by atoms with Crippen LogP contribution in [0.1, 0.15) is 29.6 Å². The molecule has 0 bridgehead atoms. The third-order valence-electron chi connectivity index (χ3n) is 2.24. The van der Waals surface area contributed by atoms with E-state index in [0.717, 1.165) is 0 Å². The lowest BCUT2D eigenvalue weighted by molar-refractivity contribution is -0.0471. The number of rotatable bonds is 6. The van der Waals surface area contributed by atoms with Crippen molar-refractivity contribution in [3.8, 4) is 0 Å². The largest absolute Gasteiger partial charge is 0.462 e. The van der Waals surface area contributed by atoms with Crippen molar-refractivity contribution in [2.75, 3.05) is 12.3 Å². The number of nitrogen functional groups attached to an aromatic ring is 1. The second kappa shape index (κ2) is 6.88. The predicted octanol–water partition coefficient (Wildman–Crippen LogP) is 0.907. The van der Waals surface area contributed by atoms with Gasteiger partial charge in [0.1, 0.15) is 0 Å². The Hall–Kier alpha value is -1.59. The fraction of sp³-hybridized carbons (Fsp3) is 0.417. The molecule has 94 valence electrons. The van der Waals surface area contributed by atoms with Crippen LogP contribution in [0.15, 0.2) is 24.3 Å². The molecule has 0 unspecified atom stereocenters. The van der Waals surface area contributed by atoms with E-state index in [1.807, 2.05) is 0 Å². The van der Waals surface area contributed by atoms with Gasteiger partial charge in [-0.25, -0.2) is 4.79 Å². The second-order valence-corrected chi connectivity index (χ2v) is 3.73. The molecular weight excluding hydrogens is 222 g/mol. The van der Waals surface area contributed by atoms with Gasteiger partial charge in [-0.3, -0.25) is 0 Å². The Balaban J connectivity index is 2.23. The lowest BCUT2D eigenvalue weighted by atomic mass is 10.2. The second-order valence-electron chi connectivity index (χ2n) is 3.73. The normalized spacial score (nSPS) is 10.5. The molecule has 0 fully saturated rings. The number of carbonyl (C=O) groups is 1. The third kappa shape index (κ3) is 5.33. The van der Waals surface area contributed by atoms with Crippen LogP contribution in [-0.4, -0.2) is 29.1 Å². The van der Waals surface area contributed by atoms with Gasteiger partial charge < -0.3 is 20.7 Å². The van der Waals surface area contributed by atoms with E-state index in [1.54, 1.807) is 24.3 Å². The molecule has 0 aromatic heterocycles. The zero-order chi connectivity index (χ0) is 12.7. The van der Waals surface area contributed by atoms with Crippen LogP contribution < -0.4 is 5.73 Å². The number of nitrogens with two attached hydrogens (primary N) is 1. The summed E-state index contributed by atoms with van der Waals surface area (Å²) in [4.78, 5) is 11.5. The highest BCUT2D eigenvalue weighted by molar-refractivity contribution is 5.89. The minimum absolute atomic E-state index is 0.274. The molecule has 0 heterocycles. The summed E-state index contributed by atoms with van der Waals surface area (Å²) in [5.41, 5.74) is 6.55. The number of ether oxygens (including phenoxy) is 1. The molecule has 17 heavy (non-hydrogen) atoms. The molecule has 1 aromatic rings. The topological polar surface area (TPSA) is 92.8 Å². The van der Waals surface area contributed by atoms with Crippen molar-refractivity contribution in [1.29, 1.82) is 0 Å². The Bertz CT molecular complexity index is 348. The maximum absolute atomic E-state index is 11.5. The van der Waals surface area contributed by atoms with Gasteiger partial charge in [0.05, 0.1) is 12.2 Å². The molecule has 0 atom stereocenters. The molecule has 4 N–H and O–H groups in total. The van der Waals surface area contributed by atoms with Gasteiger partial charge in [0.25, 0.3) is 0 Å². The first-order valence-corrected chi connectivity index (χ1v) is 5.48. The third-order valence-corrected chi connectivity index (χ3v) is 2.24. The molecule has 0 saturated carbocycles. The number of anilines is 1. The van der Waals surface area contributed by atoms with Gasteiger partial charge in [0, 0.05) is 5.69 Å². The van der Waals surface area contributed by atoms with Gasteiger partial charge in [-0.1, -0.05) is 0 Å². The average molecular weight is 239 g/mol. The monoisotopic (exact) mass is 239 g/mol. The quantitative estimate of drug-likeness (QED) is 0.297. The number of aliphatic hydroxyl groups excluding tert-OH is 1. The number of esters is 1. The van der Waals surface area contributed by atoms with E-state index in [2.05, 4.69) is 0 Å². The molecule has 0 aliphatic rings. The SMILES string of the molecule is Nc1ccc(C(=O)OCCCCC(O)O)cc1. The minimum Gasteiger partial charge on any atom is -0.462 e. The number of carbonyl (C=O) groups excluding carboxylic acids is 1. The minimum atomic E-state index is -1.29. The molecule has 0 radical (unpaired) electrons. The smallest absolute Gasteiger partial charge is 0.338 e. The van der Waals surface area contributed by atoms with E-state index in [4.69, 9.17) is 20.7 Å². The Kier molecular flexibility index (Phi) is 5.45. The highest BCUT2D eigenvalue weighted by Gasteiger charge is 2.06. The lowest BCUT2D eigenvalue weighted by Gasteiger charge is -2.05. The standard InChI is InChI=1S/C12H17NO4/c13-10-6-4-9(5-7-10)12(16)17-8-2-1-3-11(14)15/h4-7,11,14-15H,1-3,8,13H2. The number of benzene rings is 1. The van der Waals surface area contributed by atoms with Gasteiger partial charge in [0.15, 0.2) is 6.29 Å². The summed E-state index contributed by atoms with van der Waals surface area (Å²) in [6.45, 7) is 0.274. The first-order valence-electron chi connectivity index (χ1n) is 5.48. The predicted molar refractivity (Wildman–Crippen MR) is 63.2 cm³/mol. The van der Waals surface area contributed by atoms with Crippen molar-refractivity contribution in [2.24, 2.45) is 0 Å². The highest BCUT2D eigenvalue weighted by atomic mass is 16.5. The average Bonchev–Trinajstić information content (AvgIpc) is 2.29. The first-order chi connectivity index (χ1) is 8.09. The number of unbranched alkanes of at least 4 members (excludes halogenated alkanes) is 1. The molecule has 5 nitrogen and oxygen atoms in total.